The van der Waals surface area contributed by atoms with Gasteiger partial charge in [0.05, 0.1) is 5.69 Å². The maximum absolute atomic E-state index is 4.78. The summed E-state index contributed by atoms with van der Waals surface area (Å²) in [7, 11) is -1.43. The van der Waals surface area contributed by atoms with Gasteiger partial charge in [-0.3, -0.25) is 4.99 Å². The first-order valence-corrected chi connectivity index (χ1v) is 9.34. The van der Waals surface area contributed by atoms with Gasteiger partial charge in [0.15, 0.2) is 0 Å². The van der Waals surface area contributed by atoms with Gasteiger partial charge < -0.3 is 0 Å². The Balaban J connectivity index is 3.07. The molecule has 0 aromatic heterocycles. The monoisotopic (exact) mass is 247 g/mol. The molecule has 0 spiro atoms. The third kappa shape index (κ3) is 3.29. The third-order valence-corrected chi connectivity index (χ3v) is 8.53. The quantitative estimate of drug-likeness (QED) is 0.512. The van der Waals surface area contributed by atoms with E-state index in [0.717, 1.165) is 5.69 Å². The Labute approximate surface area is 107 Å². The van der Waals surface area contributed by atoms with E-state index >= 15 is 0 Å². The van der Waals surface area contributed by atoms with Crippen LogP contribution in [0.5, 0.6) is 0 Å². The van der Waals surface area contributed by atoms with Crippen molar-refractivity contribution in [1.29, 1.82) is 0 Å². The van der Waals surface area contributed by atoms with Gasteiger partial charge in [-0.25, -0.2) is 0 Å². The Kier molecular flexibility index (Phi) is 3.98. The van der Waals surface area contributed by atoms with Gasteiger partial charge >= 0.3 is 0 Å². The van der Waals surface area contributed by atoms with Crippen molar-refractivity contribution in [2.45, 2.75) is 52.8 Å². The predicted molar refractivity (Wildman–Crippen MR) is 81.3 cm³/mol. The summed E-state index contributed by atoms with van der Waals surface area (Å²) in [6.07, 6.45) is 0. The summed E-state index contributed by atoms with van der Waals surface area (Å²) in [6.45, 7) is 16.0. The maximum Gasteiger partial charge on any atom is 0.100 e. The van der Waals surface area contributed by atoms with E-state index < -0.39 is 8.07 Å². The second kappa shape index (κ2) is 4.77. The predicted octanol–water partition coefficient (Wildman–Crippen LogP) is 5.05. The minimum absolute atomic E-state index is 0.354. The fourth-order valence-corrected chi connectivity index (χ4v) is 2.27. The van der Waals surface area contributed by atoms with Crippen LogP contribution in [0.1, 0.15) is 31.9 Å². The van der Waals surface area contributed by atoms with Gasteiger partial charge in [-0.2, -0.15) is 0 Å². The molecule has 1 aromatic carbocycles. The Morgan fingerprint density at radius 3 is 1.94 bits per heavy atom. The highest BCUT2D eigenvalue weighted by Gasteiger charge is 2.33. The van der Waals surface area contributed by atoms with Gasteiger partial charge in [0.25, 0.3) is 0 Å². The van der Waals surface area contributed by atoms with E-state index in [0.29, 0.717) is 5.04 Å². The molecule has 0 atom stereocenters. The van der Waals surface area contributed by atoms with Gasteiger partial charge in [0.2, 0.25) is 0 Å². The maximum atomic E-state index is 4.78. The summed E-state index contributed by atoms with van der Waals surface area (Å²) in [4.78, 5) is 4.78. The molecule has 0 fully saturated rings. The zero-order valence-corrected chi connectivity index (χ0v) is 13.3. The van der Waals surface area contributed by atoms with Gasteiger partial charge in [-0.15, -0.1) is 0 Å². The summed E-state index contributed by atoms with van der Waals surface area (Å²) >= 11 is 0. The molecule has 1 rings (SSSR count). The number of hydrogen-bond acceptors (Lipinski definition) is 1. The van der Waals surface area contributed by atoms with E-state index in [1.807, 2.05) is 0 Å². The van der Waals surface area contributed by atoms with Crippen molar-refractivity contribution < 1.29 is 0 Å². The largest absolute Gasteiger partial charge is 0.265 e. The molecule has 0 unspecified atom stereocenters. The number of hydrogen-bond donors (Lipinski definition) is 0. The van der Waals surface area contributed by atoms with Crippen LogP contribution < -0.4 is 0 Å². The van der Waals surface area contributed by atoms with Crippen LogP contribution in [-0.2, 0) is 0 Å². The number of benzene rings is 1. The average Bonchev–Trinajstić information content (AvgIpc) is 2.15. The van der Waals surface area contributed by atoms with Crippen LogP contribution in [0.15, 0.2) is 23.2 Å². The normalized spacial score (nSPS) is 13.4. The Hall–Kier alpha value is -0.893. The molecule has 94 valence electrons. The topological polar surface area (TPSA) is 12.4 Å². The lowest BCUT2D eigenvalue weighted by atomic mass is 10.1. The van der Waals surface area contributed by atoms with E-state index in [2.05, 4.69) is 71.7 Å². The van der Waals surface area contributed by atoms with Crippen molar-refractivity contribution in [3.63, 3.8) is 0 Å². The molecule has 0 saturated heterocycles. The fraction of sp³-hybridized carbons (Fsp3) is 0.533. The van der Waals surface area contributed by atoms with E-state index in [4.69, 9.17) is 4.99 Å². The molecule has 0 heterocycles. The second-order valence-electron chi connectivity index (χ2n) is 6.47. The van der Waals surface area contributed by atoms with Crippen molar-refractivity contribution in [2.75, 3.05) is 0 Å². The summed E-state index contributed by atoms with van der Waals surface area (Å²) < 4.78 is 0. The smallest absolute Gasteiger partial charge is 0.100 e. The first kappa shape index (κ1) is 14.2. The molecule has 0 N–H and O–H groups in total. The molecular weight excluding hydrogens is 222 g/mol. The van der Waals surface area contributed by atoms with Crippen LogP contribution in [0.2, 0.25) is 18.1 Å². The summed E-state index contributed by atoms with van der Waals surface area (Å²) in [6, 6.07) is 6.35. The SMILES string of the molecule is Cc1cccc(C)c1N=C[Si](C)(C)C(C)(C)C. The van der Waals surface area contributed by atoms with E-state index in [-0.39, 0.29) is 0 Å². The second-order valence-corrected chi connectivity index (χ2v) is 11.7. The highest BCUT2D eigenvalue weighted by Crippen LogP contribution is 2.35. The van der Waals surface area contributed by atoms with Crippen LogP contribution in [-0.4, -0.2) is 13.9 Å². The molecule has 0 aliphatic rings. The molecule has 17 heavy (non-hydrogen) atoms. The minimum atomic E-state index is -1.43. The van der Waals surface area contributed by atoms with Crippen molar-refractivity contribution in [3.8, 4) is 0 Å². The van der Waals surface area contributed by atoms with Crippen molar-refractivity contribution in [1.82, 2.24) is 0 Å². The van der Waals surface area contributed by atoms with Crippen molar-refractivity contribution in [2.24, 2.45) is 4.99 Å². The first-order valence-electron chi connectivity index (χ1n) is 6.26. The van der Waals surface area contributed by atoms with Crippen LogP contribution in [0.4, 0.5) is 5.69 Å². The number of rotatable bonds is 2. The molecular formula is C15H25NSi. The van der Waals surface area contributed by atoms with Gasteiger partial charge in [0, 0.05) is 0 Å². The standard InChI is InChI=1S/C15H25NSi/c1-12-9-8-10-13(2)14(12)16-11-17(6,7)15(3,4)5/h8-11H,1-7H3. The summed E-state index contributed by atoms with van der Waals surface area (Å²) in [5.41, 5.74) is 3.68. The molecule has 0 saturated carbocycles. The number of para-hydroxylation sites is 1. The molecule has 2 heteroatoms. The molecule has 1 nitrogen and oxygen atoms in total. The van der Waals surface area contributed by atoms with Crippen LogP contribution in [0.25, 0.3) is 0 Å². The molecule has 0 aliphatic carbocycles. The summed E-state index contributed by atoms with van der Waals surface area (Å²) in [5.74, 6) is 2.24. The minimum Gasteiger partial charge on any atom is -0.265 e. The van der Waals surface area contributed by atoms with Gasteiger partial charge in [0.1, 0.15) is 8.07 Å². The third-order valence-electron chi connectivity index (χ3n) is 3.89. The van der Waals surface area contributed by atoms with Gasteiger partial charge in [-0.1, -0.05) is 52.1 Å². The van der Waals surface area contributed by atoms with E-state index in [9.17, 15) is 0 Å². The van der Waals surface area contributed by atoms with E-state index in [1.165, 1.54) is 11.1 Å². The number of aliphatic imine (C=N–C) groups is 1. The van der Waals surface area contributed by atoms with Crippen LogP contribution in [0.3, 0.4) is 0 Å². The summed E-state index contributed by atoms with van der Waals surface area (Å²) in [5, 5.41) is 0.354. The lowest BCUT2D eigenvalue weighted by molar-refractivity contribution is 0.733. The van der Waals surface area contributed by atoms with Crippen LogP contribution >= 0.6 is 0 Å². The van der Waals surface area contributed by atoms with Crippen molar-refractivity contribution >= 4 is 19.6 Å². The van der Waals surface area contributed by atoms with Crippen molar-refractivity contribution in [3.05, 3.63) is 29.3 Å². The molecule has 0 radical (unpaired) electrons. The van der Waals surface area contributed by atoms with E-state index in [1.54, 1.807) is 0 Å². The first-order chi connectivity index (χ1) is 7.65. The Morgan fingerprint density at radius 1 is 1.06 bits per heavy atom. The lowest BCUT2D eigenvalue weighted by Crippen LogP contribution is -2.39. The zero-order valence-electron chi connectivity index (χ0n) is 12.3. The molecule has 1 aromatic rings. The molecule has 0 bridgehead atoms. The molecule has 0 aliphatic heterocycles. The Bertz CT molecular complexity index is 405. The molecule has 0 amide bonds. The Morgan fingerprint density at radius 2 is 1.53 bits per heavy atom. The van der Waals surface area contributed by atoms with Gasteiger partial charge in [-0.05, 0) is 35.9 Å². The number of aryl methyl sites for hydroxylation is 2. The highest BCUT2D eigenvalue weighted by molar-refractivity contribution is 7.02. The number of nitrogens with zero attached hydrogens (tertiary/aromatic N) is 1. The highest BCUT2D eigenvalue weighted by atomic mass is 28.3. The zero-order chi connectivity index (χ0) is 13.3. The average molecular weight is 247 g/mol. The lowest BCUT2D eigenvalue weighted by Gasteiger charge is -2.33. The fourth-order valence-electron chi connectivity index (χ4n) is 1.43. The van der Waals surface area contributed by atoms with Crippen LogP contribution in [0, 0.1) is 13.8 Å².